The van der Waals surface area contributed by atoms with E-state index in [0.29, 0.717) is 19.3 Å². The number of carbonyl (C=O) groups is 3. The zero-order valence-electron chi connectivity index (χ0n) is 46.8. The van der Waals surface area contributed by atoms with Crippen LogP contribution in [0.15, 0.2) is 48.6 Å². The third kappa shape index (κ3) is 56.3. The van der Waals surface area contributed by atoms with E-state index in [1.54, 1.807) is 0 Å². The van der Waals surface area contributed by atoms with Gasteiger partial charge in [-0.2, -0.15) is 0 Å². The number of carbonyl (C=O) groups excluding carboxylic acids is 3. The summed E-state index contributed by atoms with van der Waals surface area (Å²) in [5.41, 5.74) is 0. The quantitative estimate of drug-likeness (QED) is 0.0261. The molecule has 0 aromatic heterocycles. The van der Waals surface area contributed by atoms with Crippen LogP contribution in [-0.2, 0) is 28.6 Å². The molecular formula is C64H116O6. The minimum Gasteiger partial charge on any atom is -0.462 e. The predicted octanol–water partition coefficient (Wildman–Crippen LogP) is 20.6. The van der Waals surface area contributed by atoms with Gasteiger partial charge in [0.05, 0.1) is 0 Å². The number of esters is 3. The topological polar surface area (TPSA) is 78.9 Å². The summed E-state index contributed by atoms with van der Waals surface area (Å²) in [5, 5.41) is 0. The largest absolute Gasteiger partial charge is 0.462 e. The summed E-state index contributed by atoms with van der Waals surface area (Å²) in [6, 6.07) is 0. The molecule has 1 unspecified atom stereocenters. The molecule has 0 rings (SSSR count). The zero-order chi connectivity index (χ0) is 50.7. The van der Waals surface area contributed by atoms with Crippen LogP contribution >= 0.6 is 0 Å². The Morgan fingerprint density at radius 1 is 0.300 bits per heavy atom. The van der Waals surface area contributed by atoms with Gasteiger partial charge in [0.25, 0.3) is 0 Å². The van der Waals surface area contributed by atoms with Gasteiger partial charge in [-0.1, -0.05) is 275 Å². The van der Waals surface area contributed by atoms with Gasteiger partial charge >= 0.3 is 17.9 Å². The lowest BCUT2D eigenvalue weighted by molar-refractivity contribution is -0.167. The van der Waals surface area contributed by atoms with Gasteiger partial charge in [0, 0.05) is 19.3 Å². The Bertz CT molecular complexity index is 1220. The maximum Gasteiger partial charge on any atom is 0.306 e. The second kappa shape index (κ2) is 58.9. The Balaban J connectivity index is 4.01. The fourth-order valence-electron chi connectivity index (χ4n) is 8.98. The van der Waals surface area contributed by atoms with Crippen LogP contribution in [0.4, 0.5) is 0 Å². The highest BCUT2D eigenvalue weighted by atomic mass is 16.6. The van der Waals surface area contributed by atoms with Crippen molar-refractivity contribution in [2.24, 2.45) is 0 Å². The van der Waals surface area contributed by atoms with Crippen molar-refractivity contribution in [2.45, 2.75) is 329 Å². The Morgan fingerprint density at radius 3 is 0.886 bits per heavy atom. The van der Waals surface area contributed by atoms with Crippen molar-refractivity contribution in [3.63, 3.8) is 0 Å². The molecule has 70 heavy (non-hydrogen) atoms. The molecule has 6 heteroatoms. The van der Waals surface area contributed by atoms with Crippen LogP contribution in [0.3, 0.4) is 0 Å². The van der Waals surface area contributed by atoms with Gasteiger partial charge in [0.1, 0.15) is 13.2 Å². The smallest absolute Gasteiger partial charge is 0.306 e. The standard InChI is InChI=1S/C64H116O6/c1-4-7-10-13-16-18-20-22-24-26-27-28-29-30-31-32-33-34-35-36-37-39-40-42-44-46-48-51-54-57-63(66)69-60-61(59-68-62(65)56-53-50-15-12-9-6-3)70-64(67)58-55-52-49-47-45-43-41-38-25-23-21-19-17-14-11-8-5-2/h8,11,17,19,23,25-27,61H,4-7,9-10,12-16,18,20-22,24,28-60H2,1-3H3/b11-8-,19-17-,25-23-,27-26-. The number of unbranched alkanes of at least 4 members (excludes halogenated alkanes) is 37. The van der Waals surface area contributed by atoms with Gasteiger partial charge in [-0.25, -0.2) is 0 Å². The van der Waals surface area contributed by atoms with Gasteiger partial charge in [-0.3, -0.25) is 14.4 Å². The Labute approximate surface area is 435 Å². The molecule has 0 amide bonds. The summed E-state index contributed by atoms with van der Waals surface area (Å²) in [7, 11) is 0. The normalized spacial score (nSPS) is 12.3. The highest BCUT2D eigenvalue weighted by Crippen LogP contribution is 2.17. The number of hydrogen-bond donors (Lipinski definition) is 0. The predicted molar refractivity (Wildman–Crippen MR) is 302 cm³/mol. The van der Waals surface area contributed by atoms with E-state index in [9.17, 15) is 14.4 Å². The fourth-order valence-corrected chi connectivity index (χ4v) is 8.98. The van der Waals surface area contributed by atoms with Gasteiger partial charge < -0.3 is 14.2 Å². The molecule has 0 N–H and O–H groups in total. The van der Waals surface area contributed by atoms with Crippen LogP contribution in [0.1, 0.15) is 323 Å². The SMILES string of the molecule is CC/C=C\C/C=C\C/C=C\CCCCCCCCCC(=O)OC(COC(=O)CCCCCCCC)COC(=O)CCCCCCCCCCCCCCCCCCC/C=C\CCCCCCCCCC. The minimum absolute atomic E-state index is 0.0743. The van der Waals surface area contributed by atoms with Gasteiger partial charge in [0.2, 0.25) is 0 Å². The molecule has 0 spiro atoms. The summed E-state index contributed by atoms with van der Waals surface area (Å²) in [6.45, 7) is 6.50. The number of ether oxygens (including phenoxy) is 3. The third-order valence-electron chi connectivity index (χ3n) is 13.6. The van der Waals surface area contributed by atoms with Crippen LogP contribution in [0.2, 0.25) is 0 Å². The second-order valence-corrected chi connectivity index (χ2v) is 20.6. The molecule has 0 aromatic rings. The number of rotatable bonds is 56. The maximum atomic E-state index is 12.8. The molecule has 0 bridgehead atoms. The van der Waals surface area contributed by atoms with Crippen molar-refractivity contribution >= 4 is 17.9 Å². The molecule has 0 fully saturated rings. The third-order valence-corrected chi connectivity index (χ3v) is 13.6. The van der Waals surface area contributed by atoms with E-state index in [2.05, 4.69) is 69.4 Å². The molecule has 408 valence electrons. The molecule has 1 atom stereocenters. The van der Waals surface area contributed by atoms with Crippen molar-refractivity contribution in [2.75, 3.05) is 13.2 Å². The van der Waals surface area contributed by atoms with Crippen molar-refractivity contribution < 1.29 is 28.6 Å². The molecular weight excluding hydrogens is 865 g/mol. The zero-order valence-corrected chi connectivity index (χ0v) is 46.8. The lowest BCUT2D eigenvalue weighted by Gasteiger charge is -2.18. The van der Waals surface area contributed by atoms with E-state index < -0.39 is 6.10 Å². The summed E-state index contributed by atoms with van der Waals surface area (Å²) < 4.78 is 16.8. The van der Waals surface area contributed by atoms with Crippen molar-refractivity contribution in [1.82, 2.24) is 0 Å². The average Bonchev–Trinajstić information content (AvgIpc) is 3.36. The van der Waals surface area contributed by atoms with Gasteiger partial charge in [-0.05, 0) is 77.0 Å². The maximum absolute atomic E-state index is 12.8. The molecule has 0 aliphatic heterocycles. The highest BCUT2D eigenvalue weighted by Gasteiger charge is 2.19. The van der Waals surface area contributed by atoms with E-state index in [1.165, 1.54) is 199 Å². The van der Waals surface area contributed by atoms with Crippen molar-refractivity contribution in [3.8, 4) is 0 Å². The Morgan fingerprint density at radius 2 is 0.557 bits per heavy atom. The van der Waals surface area contributed by atoms with Crippen LogP contribution in [0.25, 0.3) is 0 Å². The fraction of sp³-hybridized carbons (Fsp3) is 0.828. The van der Waals surface area contributed by atoms with Crippen LogP contribution in [0.5, 0.6) is 0 Å². The molecule has 0 radical (unpaired) electrons. The summed E-state index contributed by atoms with van der Waals surface area (Å²) >= 11 is 0. The molecule has 0 aromatic carbocycles. The van der Waals surface area contributed by atoms with E-state index in [0.717, 1.165) is 83.5 Å². The van der Waals surface area contributed by atoms with Gasteiger partial charge in [-0.15, -0.1) is 0 Å². The molecule has 0 aliphatic rings. The Kier molecular flexibility index (Phi) is 56.7. The van der Waals surface area contributed by atoms with Gasteiger partial charge in [0.15, 0.2) is 6.10 Å². The minimum atomic E-state index is -0.773. The van der Waals surface area contributed by atoms with E-state index >= 15 is 0 Å². The molecule has 0 saturated carbocycles. The summed E-state index contributed by atoms with van der Waals surface area (Å²) in [4.78, 5) is 37.9. The molecule has 0 aliphatic carbocycles. The summed E-state index contributed by atoms with van der Waals surface area (Å²) in [6.07, 6.45) is 73.0. The lowest BCUT2D eigenvalue weighted by Crippen LogP contribution is -2.30. The first-order valence-electron chi connectivity index (χ1n) is 30.6. The highest BCUT2D eigenvalue weighted by molar-refractivity contribution is 5.71. The van der Waals surface area contributed by atoms with E-state index in [4.69, 9.17) is 14.2 Å². The van der Waals surface area contributed by atoms with Crippen LogP contribution in [0, 0.1) is 0 Å². The van der Waals surface area contributed by atoms with Crippen LogP contribution in [-0.4, -0.2) is 37.2 Å². The lowest BCUT2D eigenvalue weighted by atomic mass is 10.0. The molecule has 0 saturated heterocycles. The van der Waals surface area contributed by atoms with E-state index in [-0.39, 0.29) is 31.1 Å². The first-order chi connectivity index (χ1) is 34.5. The first kappa shape index (κ1) is 67.4. The van der Waals surface area contributed by atoms with E-state index in [1.807, 2.05) is 0 Å². The summed E-state index contributed by atoms with van der Waals surface area (Å²) in [5.74, 6) is -0.880. The molecule has 6 nitrogen and oxygen atoms in total. The number of hydrogen-bond acceptors (Lipinski definition) is 6. The average molecular weight is 982 g/mol. The van der Waals surface area contributed by atoms with Crippen molar-refractivity contribution in [3.05, 3.63) is 48.6 Å². The Hall–Kier alpha value is -2.63. The van der Waals surface area contributed by atoms with Crippen molar-refractivity contribution in [1.29, 1.82) is 0 Å². The first-order valence-corrected chi connectivity index (χ1v) is 30.6. The second-order valence-electron chi connectivity index (χ2n) is 20.6. The van der Waals surface area contributed by atoms with Crippen LogP contribution < -0.4 is 0 Å². The molecule has 0 heterocycles. The monoisotopic (exact) mass is 981 g/mol. The number of allylic oxidation sites excluding steroid dienone is 8.